The maximum Gasteiger partial charge on any atom is 0.412 e. The number of hydrogen-bond donors (Lipinski definition) is 1. The van der Waals surface area contributed by atoms with Gasteiger partial charge in [-0.2, -0.15) is 0 Å². The summed E-state index contributed by atoms with van der Waals surface area (Å²) in [4.78, 5) is 30.5. The monoisotopic (exact) mass is 532 g/mol. The van der Waals surface area contributed by atoms with Gasteiger partial charge in [-0.25, -0.2) is 29.1 Å². The molecule has 5 rings (SSSR count). The molecule has 5 aromatic rings. The quantitative estimate of drug-likeness (QED) is 0.322. The Hall–Kier alpha value is -4.94. The van der Waals surface area contributed by atoms with E-state index >= 15 is 0 Å². The van der Waals surface area contributed by atoms with Crippen molar-refractivity contribution in [3.8, 4) is 17.3 Å². The fourth-order valence-corrected chi connectivity index (χ4v) is 3.76. The second-order valence-electron chi connectivity index (χ2n) is 8.90. The molecule has 0 saturated heterocycles. The molecule has 0 bridgehead atoms. The SMILES string of the molecule is COc1cnc2c(-n3nc4cc(F)c(O[C@@H](C)[C@H](C)OC(=O)Nc5cnc(C)nc5)cc4n3)cc(C)cc2n1. The van der Waals surface area contributed by atoms with E-state index in [4.69, 9.17) is 14.2 Å². The van der Waals surface area contributed by atoms with E-state index in [1.165, 1.54) is 42.6 Å². The standard InChI is InChI=1S/C26H25FN8O4/c1-13-6-21-25(30-12-24(32-21)37-5)22(7-13)35-33-19-8-18(27)23(9-20(19)34-35)38-14(2)15(3)39-26(36)31-17-10-28-16(4)29-11-17/h6-12,14-15H,1-5H3,(H,31,36)/t14-,15-/m0/s1. The molecule has 0 aliphatic rings. The Morgan fingerprint density at radius 3 is 2.38 bits per heavy atom. The molecule has 0 aliphatic carbocycles. The molecule has 1 amide bonds. The van der Waals surface area contributed by atoms with Gasteiger partial charge < -0.3 is 14.2 Å². The van der Waals surface area contributed by atoms with Gasteiger partial charge in [-0.3, -0.25) is 5.32 Å². The van der Waals surface area contributed by atoms with Crippen molar-refractivity contribution in [2.45, 2.75) is 39.9 Å². The molecule has 0 radical (unpaired) electrons. The first-order valence-electron chi connectivity index (χ1n) is 12.0. The van der Waals surface area contributed by atoms with Crippen LogP contribution < -0.4 is 14.8 Å². The highest BCUT2D eigenvalue weighted by Crippen LogP contribution is 2.27. The predicted molar refractivity (Wildman–Crippen MR) is 140 cm³/mol. The first-order chi connectivity index (χ1) is 18.7. The smallest absolute Gasteiger partial charge is 0.412 e. The van der Waals surface area contributed by atoms with Crippen LogP contribution in [0.15, 0.2) is 42.9 Å². The number of rotatable bonds is 7. The number of amides is 1. The second-order valence-corrected chi connectivity index (χ2v) is 8.90. The number of aromatic nitrogens is 7. The van der Waals surface area contributed by atoms with E-state index < -0.39 is 24.1 Å². The largest absolute Gasteiger partial charge is 0.484 e. The fraction of sp³-hybridized carbons (Fsp3) is 0.269. The summed E-state index contributed by atoms with van der Waals surface area (Å²) in [5.41, 5.74) is 3.79. The highest BCUT2D eigenvalue weighted by Gasteiger charge is 2.22. The minimum Gasteiger partial charge on any atom is -0.484 e. The Morgan fingerprint density at radius 2 is 1.67 bits per heavy atom. The van der Waals surface area contributed by atoms with E-state index in [0.29, 0.717) is 45.1 Å². The lowest BCUT2D eigenvalue weighted by atomic mass is 10.2. The van der Waals surface area contributed by atoms with Crippen molar-refractivity contribution >= 4 is 33.8 Å². The number of nitrogens with one attached hydrogen (secondary N) is 1. The van der Waals surface area contributed by atoms with Crippen LogP contribution in [0, 0.1) is 19.7 Å². The van der Waals surface area contributed by atoms with Gasteiger partial charge in [0.05, 0.1) is 36.9 Å². The lowest BCUT2D eigenvalue weighted by molar-refractivity contribution is 0.0402. The van der Waals surface area contributed by atoms with Crippen molar-refractivity contribution in [3.63, 3.8) is 0 Å². The third-order valence-corrected chi connectivity index (χ3v) is 5.90. The molecule has 1 N–H and O–H groups in total. The highest BCUT2D eigenvalue weighted by molar-refractivity contribution is 5.85. The normalized spacial score (nSPS) is 12.8. The number of aryl methyl sites for hydroxylation is 2. The first-order valence-corrected chi connectivity index (χ1v) is 12.0. The topological polar surface area (TPSA) is 139 Å². The third kappa shape index (κ3) is 5.51. The van der Waals surface area contributed by atoms with Crippen LogP contribution in [-0.2, 0) is 4.74 Å². The van der Waals surface area contributed by atoms with Gasteiger partial charge in [0.2, 0.25) is 5.88 Å². The van der Waals surface area contributed by atoms with Crippen LogP contribution >= 0.6 is 0 Å². The summed E-state index contributed by atoms with van der Waals surface area (Å²) in [5, 5.41) is 11.5. The van der Waals surface area contributed by atoms with Crippen LogP contribution in [0.2, 0.25) is 0 Å². The molecule has 13 heteroatoms. The molecule has 0 unspecified atom stereocenters. The molecule has 0 saturated carbocycles. The number of methoxy groups -OCH3 is 1. The molecule has 12 nitrogen and oxygen atoms in total. The lowest BCUT2D eigenvalue weighted by Crippen LogP contribution is -2.32. The van der Waals surface area contributed by atoms with Crippen molar-refractivity contribution < 1.29 is 23.4 Å². The van der Waals surface area contributed by atoms with Crippen molar-refractivity contribution in [1.82, 2.24) is 34.9 Å². The van der Waals surface area contributed by atoms with Crippen molar-refractivity contribution in [1.29, 1.82) is 0 Å². The van der Waals surface area contributed by atoms with Crippen molar-refractivity contribution in [3.05, 3.63) is 60.1 Å². The number of carbonyl (C=O) groups excluding carboxylic acids is 1. The Kier molecular flexibility index (Phi) is 6.88. The Labute approximate surface area is 222 Å². The maximum absolute atomic E-state index is 15.0. The van der Waals surface area contributed by atoms with E-state index in [-0.39, 0.29) is 5.75 Å². The molecule has 2 aromatic carbocycles. The van der Waals surface area contributed by atoms with Crippen LogP contribution in [0.3, 0.4) is 0 Å². The van der Waals surface area contributed by atoms with Crippen LogP contribution in [-0.4, -0.2) is 60.3 Å². The number of nitrogens with zero attached hydrogens (tertiary/aromatic N) is 7. The molecule has 39 heavy (non-hydrogen) atoms. The Morgan fingerprint density at radius 1 is 0.949 bits per heavy atom. The third-order valence-electron chi connectivity index (χ3n) is 5.90. The Bertz CT molecular complexity index is 1680. The number of ether oxygens (including phenoxy) is 3. The average molecular weight is 533 g/mol. The van der Waals surface area contributed by atoms with Crippen LogP contribution in [0.5, 0.6) is 11.6 Å². The zero-order valence-electron chi connectivity index (χ0n) is 21.8. The van der Waals surface area contributed by atoms with E-state index in [2.05, 4.69) is 35.5 Å². The first kappa shape index (κ1) is 25.7. The van der Waals surface area contributed by atoms with Crippen molar-refractivity contribution in [2.75, 3.05) is 12.4 Å². The molecule has 0 spiro atoms. The van der Waals surface area contributed by atoms with E-state index in [9.17, 15) is 9.18 Å². The number of halogens is 1. The average Bonchev–Trinajstić information content (AvgIpc) is 3.31. The summed E-state index contributed by atoms with van der Waals surface area (Å²) in [5.74, 6) is 0.275. The fourth-order valence-electron chi connectivity index (χ4n) is 3.76. The van der Waals surface area contributed by atoms with Gasteiger partial charge in [0, 0.05) is 12.1 Å². The molecule has 0 fully saturated rings. The minimum atomic E-state index is -0.713. The minimum absolute atomic E-state index is 0.0523. The zero-order valence-corrected chi connectivity index (χ0v) is 21.8. The lowest BCUT2D eigenvalue weighted by Gasteiger charge is -2.22. The number of hydrogen-bond acceptors (Lipinski definition) is 10. The number of fused-ring (bicyclic) bond motifs is 2. The number of carbonyl (C=O) groups is 1. The molecular formula is C26H25FN8O4. The highest BCUT2D eigenvalue weighted by atomic mass is 19.1. The van der Waals surface area contributed by atoms with E-state index in [1.807, 2.05) is 19.1 Å². The summed E-state index contributed by atoms with van der Waals surface area (Å²) >= 11 is 0. The van der Waals surface area contributed by atoms with Crippen molar-refractivity contribution in [2.24, 2.45) is 0 Å². The summed E-state index contributed by atoms with van der Waals surface area (Å²) in [6.45, 7) is 6.95. The summed E-state index contributed by atoms with van der Waals surface area (Å²) < 4.78 is 31.3. The maximum atomic E-state index is 15.0. The molecule has 3 aromatic heterocycles. The zero-order chi connectivity index (χ0) is 27.7. The van der Waals surface area contributed by atoms with Crippen LogP contribution in [0.4, 0.5) is 14.9 Å². The Balaban J connectivity index is 1.34. The summed E-state index contributed by atoms with van der Waals surface area (Å²) in [7, 11) is 1.52. The predicted octanol–water partition coefficient (Wildman–Crippen LogP) is 4.32. The molecule has 2 atom stereocenters. The van der Waals surface area contributed by atoms with Gasteiger partial charge in [0.15, 0.2) is 11.6 Å². The van der Waals surface area contributed by atoms with Gasteiger partial charge in [-0.1, -0.05) is 0 Å². The van der Waals surface area contributed by atoms with E-state index in [1.54, 1.807) is 20.8 Å². The summed E-state index contributed by atoms with van der Waals surface area (Å²) in [6.07, 6.45) is 2.34. The van der Waals surface area contributed by atoms with Gasteiger partial charge in [0.1, 0.15) is 40.3 Å². The van der Waals surface area contributed by atoms with Gasteiger partial charge in [0.25, 0.3) is 0 Å². The second kappa shape index (κ2) is 10.4. The van der Waals surface area contributed by atoms with Crippen LogP contribution in [0.25, 0.3) is 27.8 Å². The molecule has 0 aliphatic heterocycles. The summed E-state index contributed by atoms with van der Waals surface area (Å²) in [6, 6.07) is 6.44. The van der Waals surface area contributed by atoms with Crippen LogP contribution in [0.1, 0.15) is 25.2 Å². The number of anilines is 1. The van der Waals surface area contributed by atoms with Gasteiger partial charge >= 0.3 is 6.09 Å². The van der Waals surface area contributed by atoms with E-state index in [0.717, 1.165) is 5.56 Å². The molecular weight excluding hydrogens is 507 g/mol. The van der Waals surface area contributed by atoms with Gasteiger partial charge in [-0.05, 0) is 45.4 Å². The molecule has 3 heterocycles. The van der Waals surface area contributed by atoms with Gasteiger partial charge in [-0.15, -0.1) is 15.0 Å². The molecule has 200 valence electrons. The number of benzene rings is 2.